The Hall–Kier alpha value is -0.230. The van der Waals surface area contributed by atoms with Crippen LogP contribution in [0.3, 0.4) is 0 Å². The van der Waals surface area contributed by atoms with E-state index in [0.717, 1.165) is 17.3 Å². The van der Waals surface area contributed by atoms with E-state index in [4.69, 9.17) is 23.2 Å². The number of nitrogens with zero attached hydrogens (tertiary/aromatic N) is 1. The maximum Gasteiger partial charge on any atom is 0.147 e. The monoisotopic (exact) mass is 277 g/mol. The van der Waals surface area contributed by atoms with Crippen molar-refractivity contribution in [1.82, 2.24) is 4.98 Å². The van der Waals surface area contributed by atoms with Gasteiger partial charge in [-0.2, -0.15) is 0 Å². The van der Waals surface area contributed by atoms with Crippen molar-refractivity contribution in [2.24, 2.45) is 0 Å². The molecule has 1 rings (SSSR count). The number of aromatic nitrogens is 1. The van der Waals surface area contributed by atoms with Gasteiger partial charge in [-0.1, -0.05) is 51.0 Å². The van der Waals surface area contributed by atoms with E-state index in [1.807, 2.05) is 0 Å². The van der Waals surface area contributed by atoms with Crippen LogP contribution in [0, 0.1) is 11.8 Å². The fourth-order valence-corrected chi connectivity index (χ4v) is 1.17. The van der Waals surface area contributed by atoms with Crippen molar-refractivity contribution in [3.05, 3.63) is 28.0 Å². The molecule has 1 heterocycles. The van der Waals surface area contributed by atoms with Crippen LogP contribution in [-0.4, -0.2) is 10.3 Å². The Morgan fingerprint density at radius 1 is 1.46 bits per heavy atom. The second kappa shape index (κ2) is 5.49. The van der Waals surface area contributed by atoms with Crippen LogP contribution in [0.4, 0.5) is 0 Å². The fourth-order valence-electron chi connectivity index (χ4n) is 0.701. The van der Waals surface area contributed by atoms with Crippen LogP contribution in [0.25, 0.3) is 0 Å². The molecular weight excluding hydrogens is 273 g/mol. The zero-order valence-electron chi connectivity index (χ0n) is 6.65. The summed E-state index contributed by atoms with van der Waals surface area (Å²) in [6.45, 7) is 0. The standard InChI is InChI=1S/C9H6BrCl2N/c10-4-2-1-3-7-5-8(11)9(12)13-6-7/h5-6H,2,4H2. The number of hydrogen-bond acceptors (Lipinski definition) is 1. The zero-order chi connectivity index (χ0) is 9.68. The molecule has 0 saturated carbocycles. The van der Waals surface area contributed by atoms with Gasteiger partial charge in [-0.15, -0.1) is 0 Å². The van der Waals surface area contributed by atoms with E-state index in [-0.39, 0.29) is 0 Å². The van der Waals surface area contributed by atoms with Crippen molar-refractivity contribution in [2.75, 3.05) is 5.33 Å². The first-order valence-corrected chi connectivity index (χ1v) is 5.47. The van der Waals surface area contributed by atoms with Crippen LogP contribution >= 0.6 is 39.1 Å². The zero-order valence-corrected chi connectivity index (χ0v) is 9.75. The Bertz CT molecular complexity index is 354. The minimum absolute atomic E-state index is 0.313. The second-order valence-electron chi connectivity index (χ2n) is 2.24. The molecular formula is C9H6BrCl2N. The number of halogens is 3. The number of alkyl halides is 1. The van der Waals surface area contributed by atoms with Gasteiger partial charge < -0.3 is 0 Å². The van der Waals surface area contributed by atoms with Gasteiger partial charge >= 0.3 is 0 Å². The molecule has 0 radical (unpaired) electrons. The lowest BCUT2D eigenvalue weighted by atomic mass is 10.3. The van der Waals surface area contributed by atoms with Gasteiger partial charge in [0.15, 0.2) is 0 Å². The maximum absolute atomic E-state index is 5.76. The second-order valence-corrected chi connectivity index (χ2v) is 3.80. The number of pyridine rings is 1. The molecule has 0 aliphatic rings. The van der Waals surface area contributed by atoms with E-state index in [0.29, 0.717) is 10.2 Å². The van der Waals surface area contributed by atoms with Gasteiger partial charge in [0.05, 0.1) is 5.02 Å². The molecule has 0 atom stereocenters. The van der Waals surface area contributed by atoms with Gasteiger partial charge in [-0.3, -0.25) is 0 Å². The minimum atomic E-state index is 0.313. The van der Waals surface area contributed by atoms with Crippen LogP contribution in [-0.2, 0) is 0 Å². The number of hydrogen-bond donors (Lipinski definition) is 0. The predicted molar refractivity (Wildman–Crippen MR) is 59.5 cm³/mol. The average Bonchev–Trinajstić information content (AvgIpc) is 2.12. The Balaban J connectivity index is 2.81. The van der Waals surface area contributed by atoms with E-state index in [1.54, 1.807) is 12.3 Å². The molecule has 0 spiro atoms. The molecule has 0 aliphatic heterocycles. The van der Waals surface area contributed by atoms with E-state index >= 15 is 0 Å². The summed E-state index contributed by atoms with van der Waals surface area (Å²) >= 11 is 14.7. The smallest absolute Gasteiger partial charge is 0.147 e. The third-order valence-electron chi connectivity index (χ3n) is 1.25. The highest BCUT2D eigenvalue weighted by atomic mass is 79.9. The van der Waals surface area contributed by atoms with Crippen LogP contribution in [0.15, 0.2) is 12.3 Å². The molecule has 0 fully saturated rings. The van der Waals surface area contributed by atoms with Gasteiger partial charge in [0.2, 0.25) is 0 Å². The Morgan fingerprint density at radius 3 is 2.85 bits per heavy atom. The van der Waals surface area contributed by atoms with Crippen molar-refractivity contribution in [3.63, 3.8) is 0 Å². The van der Waals surface area contributed by atoms with Crippen molar-refractivity contribution < 1.29 is 0 Å². The summed E-state index contributed by atoms with van der Waals surface area (Å²) in [4.78, 5) is 3.88. The van der Waals surface area contributed by atoms with Gasteiger partial charge in [0.1, 0.15) is 5.15 Å². The molecule has 1 nitrogen and oxygen atoms in total. The molecule has 68 valence electrons. The Kier molecular flexibility index (Phi) is 4.58. The van der Waals surface area contributed by atoms with Crippen LogP contribution in [0.2, 0.25) is 10.2 Å². The average molecular weight is 279 g/mol. The summed E-state index contributed by atoms with van der Waals surface area (Å²) in [5.74, 6) is 5.89. The summed E-state index contributed by atoms with van der Waals surface area (Å²) in [5.41, 5.74) is 0.787. The lowest BCUT2D eigenvalue weighted by Crippen LogP contribution is -1.80. The maximum atomic E-state index is 5.76. The Morgan fingerprint density at radius 2 is 2.23 bits per heavy atom. The first-order valence-electron chi connectivity index (χ1n) is 3.60. The van der Waals surface area contributed by atoms with E-state index < -0.39 is 0 Å². The molecule has 0 bridgehead atoms. The van der Waals surface area contributed by atoms with Crippen LogP contribution in [0.5, 0.6) is 0 Å². The van der Waals surface area contributed by atoms with E-state index in [9.17, 15) is 0 Å². The molecule has 0 aliphatic carbocycles. The highest BCUT2D eigenvalue weighted by molar-refractivity contribution is 9.09. The molecule has 1 aromatic heterocycles. The lowest BCUT2D eigenvalue weighted by molar-refractivity contribution is 1.30. The summed E-state index contributed by atoms with van der Waals surface area (Å²) in [7, 11) is 0. The van der Waals surface area contributed by atoms with Gasteiger partial charge in [0, 0.05) is 23.5 Å². The SMILES string of the molecule is Clc1cc(C#CCCBr)cnc1Cl. The third kappa shape index (κ3) is 3.56. The summed E-state index contributed by atoms with van der Waals surface area (Å²) in [6.07, 6.45) is 2.41. The topological polar surface area (TPSA) is 12.9 Å². The summed E-state index contributed by atoms with van der Waals surface area (Å²) in [6, 6.07) is 1.71. The molecule has 0 amide bonds. The largest absolute Gasteiger partial charge is 0.242 e. The molecule has 4 heteroatoms. The first-order chi connectivity index (χ1) is 6.24. The molecule has 1 aromatic rings. The molecule has 13 heavy (non-hydrogen) atoms. The van der Waals surface area contributed by atoms with Crippen molar-refractivity contribution in [3.8, 4) is 11.8 Å². The summed E-state index contributed by atoms with van der Waals surface area (Å²) in [5, 5.41) is 1.62. The van der Waals surface area contributed by atoms with E-state index in [2.05, 4.69) is 32.8 Å². The van der Waals surface area contributed by atoms with Gasteiger partial charge in [0.25, 0.3) is 0 Å². The van der Waals surface area contributed by atoms with Crippen molar-refractivity contribution in [1.29, 1.82) is 0 Å². The normalized spacial score (nSPS) is 9.15. The van der Waals surface area contributed by atoms with Crippen molar-refractivity contribution in [2.45, 2.75) is 6.42 Å². The number of rotatable bonds is 1. The van der Waals surface area contributed by atoms with Crippen LogP contribution < -0.4 is 0 Å². The van der Waals surface area contributed by atoms with Gasteiger partial charge in [-0.05, 0) is 6.07 Å². The Labute approximate surface area is 95.6 Å². The minimum Gasteiger partial charge on any atom is -0.242 e. The highest BCUT2D eigenvalue weighted by Crippen LogP contribution is 2.18. The lowest BCUT2D eigenvalue weighted by Gasteiger charge is -1.93. The molecule has 0 N–H and O–H groups in total. The molecule has 0 unspecified atom stereocenters. The van der Waals surface area contributed by atoms with Crippen LogP contribution in [0.1, 0.15) is 12.0 Å². The third-order valence-corrected chi connectivity index (χ3v) is 2.33. The fraction of sp³-hybridized carbons (Fsp3) is 0.222. The molecule has 0 aromatic carbocycles. The first kappa shape index (κ1) is 10.8. The van der Waals surface area contributed by atoms with E-state index in [1.165, 1.54) is 0 Å². The summed E-state index contributed by atoms with van der Waals surface area (Å²) < 4.78 is 0. The predicted octanol–water partition coefficient (Wildman–Crippen LogP) is 3.52. The van der Waals surface area contributed by atoms with Crippen molar-refractivity contribution >= 4 is 39.1 Å². The highest BCUT2D eigenvalue weighted by Gasteiger charge is 1.97. The quantitative estimate of drug-likeness (QED) is 0.435. The van der Waals surface area contributed by atoms with Gasteiger partial charge in [-0.25, -0.2) is 4.98 Å². The molecule has 0 saturated heterocycles.